The van der Waals surface area contributed by atoms with Gasteiger partial charge in [0.1, 0.15) is 5.82 Å². The second-order valence-electron chi connectivity index (χ2n) is 7.77. The summed E-state index contributed by atoms with van der Waals surface area (Å²) in [5.41, 5.74) is 1.88. The van der Waals surface area contributed by atoms with E-state index < -0.39 is 10.0 Å². The van der Waals surface area contributed by atoms with Crippen molar-refractivity contribution in [1.82, 2.24) is 19.9 Å². The van der Waals surface area contributed by atoms with Crippen LogP contribution in [0.4, 0.5) is 17.3 Å². The van der Waals surface area contributed by atoms with Gasteiger partial charge in [-0.15, -0.1) is 10.2 Å². The van der Waals surface area contributed by atoms with Crippen LogP contribution in [-0.2, 0) is 15.4 Å². The molecule has 0 spiro atoms. The van der Waals surface area contributed by atoms with E-state index in [1.165, 1.54) is 0 Å². The molecule has 0 atom stereocenters. The van der Waals surface area contributed by atoms with Crippen molar-refractivity contribution >= 4 is 27.3 Å². The van der Waals surface area contributed by atoms with Crippen molar-refractivity contribution in [2.24, 2.45) is 0 Å². The zero-order chi connectivity index (χ0) is 21.6. The summed E-state index contributed by atoms with van der Waals surface area (Å²) in [6, 6.07) is 14.2. The molecule has 0 saturated carbocycles. The molecular formula is C21H26N6O2S. The Morgan fingerprint density at radius 2 is 1.60 bits per heavy atom. The fourth-order valence-electron chi connectivity index (χ4n) is 2.67. The van der Waals surface area contributed by atoms with Gasteiger partial charge in [-0.25, -0.2) is 13.1 Å². The van der Waals surface area contributed by atoms with Crippen molar-refractivity contribution in [2.75, 3.05) is 23.7 Å². The van der Waals surface area contributed by atoms with Crippen LogP contribution in [0.5, 0.6) is 0 Å². The average Bonchev–Trinajstić information content (AvgIpc) is 2.73. The zero-order valence-corrected chi connectivity index (χ0v) is 18.1. The van der Waals surface area contributed by atoms with E-state index in [4.69, 9.17) is 0 Å². The molecule has 0 saturated heterocycles. The predicted molar refractivity (Wildman–Crippen MR) is 118 cm³/mol. The van der Waals surface area contributed by atoms with E-state index in [0.717, 1.165) is 11.3 Å². The van der Waals surface area contributed by atoms with Gasteiger partial charge in [-0.3, -0.25) is 4.98 Å². The molecule has 1 aromatic carbocycles. The Hall–Kier alpha value is -3.04. The molecule has 158 valence electrons. The number of benzene rings is 1. The van der Waals surface area contributed by atoms with Gasteiger partial charge in [-0.1, -0.05) is 32.9 Å². The molecule has 2 aromatic heterocycles. The van der Waals surface area contributed by atoms with Gasteiger partial charge in [-0.05, 0) is 47.4 Å². The molecule has 0 radical (unpaired) electrons. The molecular weight excluding hydrogens is 400 g/mol. The van der Waals surface area contributed by atoms with Crippen molar-refractivity contribution < 1.29 is 8.42 Å². The lowest BCUT2D eigenvalue weighted by molar-refractivity contribution is 0.579. The van der Waals surface area contributed by atoms with Crippen LogP contribution >= 0.6 is 0 Å². The van der Waals surface area contributed by atoms with E-state index in [-0.39, 0.29) is 16.9 Å². The third-order valence-corrected chi connectivity index (χ3v) is 5.83. The molecule has 0 bridgehead atoms. The summed E-state index contributed by atoms with van der Waals surface area (Å²) in [7, 11) is -3.56. The molecule has 3 aromatic rings. The van der Waals surface area contributed by atoms with Gasteiger partial charge in [0.25, 0.3) is 0 Å². The highest BCUT2D eigenvalue weighted by Crippen LogP contribution is 2.23. The fourth-order valence-corrected chi connectivity index (χ4v) is 3.70. The standard InChI is InChI=1S/C21H26N6O2S/c1-21(2,3)16-6-8-18(9-7-16)30(28,29)24-14-13-23-19-10-11-20(27-26-19)25-17-5-4-12-22-15-17/h4-12,15,24H,13-14H2,1-3H3,(H,23,26)(H,25,27). The minimum atomic E-state index is -3.56. The third kappa shape index (κ3) is 5.98. The molecule has 0 unspecified atom stereocenters. The summed E-state index contributed by atoms with van der Waals surface area (Å²) in [4.78, 5) is 4.28. The van der Waals surface area contributed by atoms with E-state index in [2.05, 4.69) is 51.3 Å². The highest BCUT2D eigenvalue weighted by atomic mass is 32.2. The second kappa shape index (κ2) is 9.19. The molecule has 9 heteroatoms. The first kappa shape index (κ1) is 21.7. The minimum Gasteiger partial charge on any atom is -0.367 e. The Kier molecular flexibility index (Phi) is 6.63. The number of aromatic nitrogens is 3. The third-order valence-electron chi connectivity index (χ3n) is 4.35. The van der Waals surface area contributed by atoms with Crippen LogP contribution in [0, 0.1) is 0 Å². The second-order valence-corrected chi connectivity index (χ2v) is 9.54. The number of nitrogens with zero attached hydrogens (tertiary/aromatic N) is 3. The maximum Gasteiger partial charge on any atom is 0.240 e. The SMILES string of the molecule is CC(C)(C)c1ccc(S(=O)(=O)NCCNc2ccc(Nc3cccnc3)nn2)cc1. The van der Waals surface area contributed by atoms with Crippen LogP contribution in [-0.4, -0.2) is 36.7 Å². The first-order chi connectivity index (χ1) is 14.2. The van der Waals surface area contributed by atoms with E-state index in [1.54, 1.807) is 36.7 Å². The number of hydrogen-bond donors (Lipinski definition) is 3. The van der Waals surface area contributed by atoms with Crippen molar-refractivity contribution in [1.29, 1.82) is 0 Å². The van der Waals surface area contributed by atoms with Crippen molar-refractivity contribution in [3.8, 4) is 0 Å². The summed E-state index contributed by atoms with van der Waals surface area (Å²) in [6.07, 6.45) is 3.38. The molecule has 30 heavy (non-hydrogen) atoms. The summed E-state index contributed by atoms with van der Waals surface area (Å²) >= 11 is 0. The number of rotatable bonds is 8. The Labute approximate surface area is 177 Å². The lowest BCUT2D eigenvalue weighted by Crippen LogP contribution is -2.29. The minimum absolute atomic E-state index is 0.0241. The Morgan fingerprint density at radius 3 is 2.20 bits per heavy atom. The Bertz CT molecular complexity index is 1050. The van der Waals surface area contributed by atoms with Crippen molar-refractivity contribution in [2.45, 2.75) is 31.1 Å². The summed E-state index contributed by atoms with van der Waals surface area (Å²) < 4.78 is 27.5. The molecule has 8 nitrogen and oxygen atoms in total. The lowest BCUT2D eigenvalue weighted by atomic mass is 9.87. The number of pyridine rings is 1. The first-order valence-electron chi connectivity index (χ1n) is 9.59. The number of anilines is 3. The van der Waals surface area contributed by atoms with E-state index in [9.17, 15) is 8.42 Å². The predicted octanol–water partition coefficient (Wildman–Crippen LogP) is 3.30. The van der Waals surface area contributed by atoms with Gasteiger partial charge < -0.3 is 10.6 Å². The smallest absolute Gasteiger partial charge is 0.240 e. The summed E-state index contributed by atoms with van der Waals surface area (Å²) in [5.74, 6) is 1.15. The highest BCUT2D eigenvalue weighted by Gasteiger charge is 2.17. The Balaban J connectivity index is 1.48. The van der Waals surface area contributed by atoms with Crippen LogP contribution in [0.1, 0.15) is 26.3 Å². The van der Waals surface area contributed by atoms with Crippen molar-refractivity contribution in [3.05, 3.63) is 66.5 Å². The van der Waals surface area contributed by atoms with Crippen LogP contribution in [0.25, 0.3) is 0 Å². The van der Waals surface area contributed by atoms with Gasteiger partial charge >= 0.3 is 0 Å². The normalized spacial score (nSPS) is 11.8. The largest absolute Gasteiger partial charge is 0.367 e. The van der Waals surface area contributed by atoms with Gasteiger partial charge in [-0.2, -0.15) is 0 Å². The van der Waals surface area contributed by atoms with Crippen LogP contribution < -0.4 is 15.4 Å². The zero-order valence-electron chi connectivity index (χ0n) is 17.3. The molecule has 2 heterocycles. The molecule has 0 amide bonds. The van der Waals surface area contributed by atoms with Crippen LogP contribution in [0.3, 0.4) is 0 Å². The van der Waals surface area contributed by atoms with Gasteiger partial charge in [0.05, 0.1) is 16.8 Å². The molecule has 0 aliphatic heterocycles. The molecule has 3 N–H and O–H groups in total. The molecule has 0 fully saturated rings. The fraction of sp³-hybridized carbons (Fsp3) is 0.286. The number of sulfonamides is 1. The van der Waals surface area contributed by atoms with E-state index >= 15 is 0 Å². The molecule has 0 aliphatic carbocycles. The maximum absolute atomic E-state index is 12.4. The monoisotopic (exact) mass is 426 g/mol. The quantitative estimate of drug-likeness (QED) is 0.474. The molecule has 0 aliphatic rings. The lowest BCUT2D eigenvalue weighted by Gasteiger charge is -2.19. The molecule has 3 rings (SSSR count). The number of nitrogens with one attached hydrogen (secondary N) is 3. The highest BCUT2D eigenvalue weighted by molar-refractivity contribution is 7.89. The number of hydrogen-bond acceptors (Lipinski definition) is 7. The van der Waals surface area contributed by atoms with Gasteiger partial charge in [0.2, 0.25) is 10.0 Å². The van der Waals surface area contributed by atoms with Gasteiger partial charge in [0.15, 0.2) is 5.82 Å². The van der Waals surface area contributed by atoms with E-state index in [0.29, 0.717) is 18.2 Å². The summed E-state index contributed by atoms with van der Waals surface area (Å²) in [6.45, 7) is 6.87. The van der Waals surface area contributed by atoms with Crippen LogP contribution in [0.2, 0.25) is 0 Å². The topological polar surface area (TPSA) is 109 Å². The van der Waals surface area contributed by atoms with Gasteiger partial charge in [0, 0.05) is 19.3 Å². The van der Waals surface area contributed by atoms with E-state index in [1.807, 2.05) is 24.3 Å². The first-order valence-corrected chi connectivity index (χ1v) is 11.1. The summed E-state index contributed by atoms with van der Waals surface area (Å²) in [5, 5.41) is 14.3. The Morgan fingerprint density at radius 1 is 0.900 bits per heavy atom. The van der Waals surface area contributed by atoms with Crippen LogP contribution in [0.15, 0.2) is 65.8 Å². The maximum atomic E-state index is 12.4. The van der Waals surface area contributed by atoms with Crippen molar-refractivity contribution in [3.63, 3.8) is 0 Å². The average molecular weight is 427 g/mol.